The van der Waals surface area contributed by atoms with Crippen LogP contribution in [0.4, 0.5) is 5.69 Å². The van der Waals surface area contributed by atoms with E-state index in [1.54, 1.807) is 0 Å². The summed E-state index contributed by atoms with van der Waals surface area (Å²) < 4.78 is 13.3. The maximum atomic E-state index is 12.6. The summed E-state index contributed by atoms with van der Waals surface area (Å²) in [6.45, 7) is 3.98. The Bertz CT molecular complexity index is 825. The molecule has 5 heteroatoms. The average molecular weight is 316 g/mol. The van der Waals surface area contributed by atoms with E-state index in [0.29, 0.717) is 11.4 Å². The molecule has 2 aromatic heterocycles. The van der Waals surface area contributed by atoms with Crippen molar-refractivity contribution in [3.8, 4) is 0 Å². The molecule has 0 spiro atoms. The van der Waals surface area contributed by atoms with Crippen molar-refractivity contribution in [3.05, 3.63) is 53.2 Å². The van der Waals surface area contributed by atoms with E-state index in [-0.39, 0.29) is 0 Å². The number of aryl methyl sites for hydroxylation is 2. The molecule has 21 heavy (non-hydrogen) atoms. The largest absolute Gasteiger partial charge is 0.396 e. The van der Waals surface area contributed by atoms with Gasteiger partial charge in [-0.2, -0.15) is 0 Å². The molecule has 0 aliphatic heterocycles. The van der Waals surface area contributed by atoms with Gasteiger partial charge in [-0.25, -0.2) is 4.98 Å². The third-order valence-corrected chi connectivity index (χ3v) is 6.27. The van der Waals surface area contributed by atoms with Crippen LogP contribution >= 0.6 is 11.3 Å². The molecule has 0 fully saturated rings. The molecule has 0 amide bonds. The Balaban J connectivity index is 2.03. The number of benzene rings is 1. The highest BCUT2D eigenvalue weighted by molar-refractivity contribution is 7.87. The molecule has 0 aliphatic rings. The predicted molar refractivity (Wildman–Crippen MR) is 90.1 cm³/mol. The van der Waals surface area contributed by atoms with Gasteiger partial charge in [0.2, 0.25) is 0 Å². The monoisotopic (exact) mass is 316 g/mol. The Morgan fingerprint density at radius 2 is 1.95 bits per heavy atom. The second-order valence-corrected chi connectivity index (χ2v) is 7.68. The van der Waals surface area contributed by atoms with Crippen molar-refractivity contribution in [3.63, 3.8) is 0 Å². The first-order valence-electron chi connectivity index (χ1n) is 6.65. The average Bonchev–Trinajstić information content (AvgIpc) is 2.77. The number of pyridine rings is 1. The maximum Gasteiger partial charge on any atom is 0.127 e. The van der Waals surface area contributed by atoms with Crippen LogP contribution < -0.4 is 5.73 Å². The van der Waals surface area contributed by atoms with Crippen LogP contribution in [0.2, 0.25) is 0 Å². The number of nitrogen functional groups attached to an aromatic ring is 1. The lowest BCUT2D eigenvalue weighted by Gasteiger charge is -2.02. The molecule has 1 atom stereocenters. The third kappa shape index (κ3) is 2.71. The van der Waals surface area contributed by atoms with E-state index < -0.39 is 10.8 Å². The Hall–Kier alpha value is -1.72. The molecule has 0 aliphatic carbocycles. The van der Waals surface area contributed by atoms with Crippen LogP contribution in [-0.2, 0) is 16.6 Å². The molecule has 1 aromatic carbocycles. The van der Waals surface area contributed by atoms with Gasteiger partial charge >= 0.3 is 0 Å². The number of aromatic nitrogens is 1. The van der Waals surface area contributed by atoms with Crippen molar-refractivity contribution >= 4 is 38.0 Å². The van der Waals surface area contributed by atoms with Crippen molar-refractivity contribution in [1.82, 2.24) is 4.98 Å². The molecule has 0 saturated carbocycles. The highest BCUT2D eigenvalue weighted by Gasteiger charge is 2.18. The summed E-state index contributed by atoms with van der Waals surface area (Å²) in [5.41, 5.74) is 9.94. The number of nitrogens with two attached hydrogens (primary N) is 1. The van der Waals surface area contributed by atoms with Crippen LogP contribution in [0.25, 0.3) is 10.2 Å². The molecule has 108 valence electrons. The SMILES string of the molecule is Cc1cc(C)c2c(N)c([S@@](=O)Cc3ccccc3)sc2n1. The summed E-state index contributed by atoms with van der Waals surface area (Å²) in [6.07, 6.45) is 0. The fourth-order valence-electron chi connectivity index (χ4n) is 2.41. The predicted octanol–water partition coefficient (Wildman–Crippen LogP) is 3.80. The Kier molecular flexibility index (Phi) is 3.78. The highest BCUT2D eigenvalue weighted by atomic mass is 32.2. The fraction of sp³-hybridized carbons (Fsp3) is 0.188. The summed E-state index contributed by atoms with van der Waals surface area (Å²) in [7, 11) is -1.14. The topological polar surface area (TPSA) is 56.0 Å². The van der Waals surface area contributed by atoms with Gasteiger partial charge in [0.25, 0.3) is 0 Å². The summed E-state index contributed by atoms with van der Waals surface area (Å²) in [6, 6.07) is 11.8. The second-order valence-electron chi connectivity index (χ2n) is 5.04. The van der Waals surface area contributed by atoms with Crippen LogP contribution in [0, 0.1) is 13.8 Å². The van der Waals surface area contributed by atoms with E-state index in [2.05, 4.69) is 4.98 Å². The van der Waals surface area contributed by atoms with Gasteiger partial charge in [-0.3, -0.25) is 4.21 Å². The number of hydrogen-bond acceptors (Lipinski definition) is 4. The maximum absolute atomic E-state index is 12.6. The van der Waals surface area contributed by atoms with E-state index in [1.165, 1.54) is 11.3 Å². The molecular formula is C16H16N2OS2. The first-order chi connectivity index (χ1) is 10.1. The summed E-state index contributed by atoms with van der Waals surface area (Å²) in [5.74, 6) is 0.482. The Morgan fingerprint density at radius 1 is 1.24 bits per heavy atom. The molecular weight excluding hydrogens is 300 g/mol. The number of anilines is 1. The molecule has 3 rings (SSSR count). The lowest BCUT2D eigenvalue weighted by atomic mass is 10.2. The first-order valence-corrected chi connectivity index (χ1v) is 8.78. The molecule has 2 heterocycles. The lowest BCUT2D eigenvalue weighted by molar-refractivity contribution is 0.684. The quantitative estimate of drug-likeness (QED) is 0.799. The van der Waals surface area contributed by atoms with Gasteiger partial charge in [-0.1, -0.05) is 30.3 Å². The molecule has 0 unspecified atom stereocenters. The van der Waals surface area contributed by atoms with Gasteiger partial charge in [-0.05, 0) is 31.0 Å². The van der Waals surface area contributed by atoms with E-state index >= 15 is 0 Å². The van der Waals surface area contributed by atoms with Crippen molar-refractivity contribution in [2.24, 2.45) is 0 Å². The molecule has 3 aromatic rings. The van der Waals surface area contributed by atoms with Crippen molar-refractivity contribution in [2.45, 2.75) is 23.8 Å². The number of fused-ring (bicyclic) bond motifs is 1. The number of nitrogens with zero attached hydrogens (tertiary/aromatic N) is 1. The van der Waals surface area contributed by atoms with Crippen LogP contribution in [-0.4, -0.2) is 9.19 Å². The molecule has 0 saturated heterocycles. The highest BCUT2D eigenvalue weighted by Crippen LogP contribution is 2.37. The summed E-state index contributed by atoms with van der Waals surface area (Å²) in [5, 5.41) is 0.946. The van der Waals surface area contributed by atoms with E-state index in [9.17, 15) is 4.21 Å². The number of hydrogen-bond donors (Lipinski definition) is 1. The minimum Gasteiger partial charge on any atom is -0.396 e. The zero-order chi connectivity index (χ0) is 15.0. The number of rotatable bonds is 3. The minimum atomic E-state index is -1.14. The first kappa shape index (κ1) is 14.2. The summed E-state index contributed by atoms with van der Waals surface area (Å²) >= 11 is 1.44. The third-order valence-electron chi connectivity index (χ3n) is 3.34. The fourth-order valence-corrected chi connectivity index (χ4v) is 5.12. The van der Waals surface area contributed by atoms with Crippen molar-refractivity contribution in [1.29, 1.82) is 0 Å². The smallest absolute Gasteiger partial charge is 0.127 e. The summed E-state index contributed by atoms with van der Waals surface area (Å²) in [4.78, 5) is 5.39. The zero-order valence-electron chi connectivity index (χ0n) is 11.9. The van der Waals surface area contributed by atoms with Crippen LogP contribution in [0.3, 0.4) is 0 Å². The minimum absolute atomic E-state index is 0.482. The second kappa shape index (κ2) is 5.58. The standard InChI is InChI=1S/C16H16N2OS2/c1-10-8-11(2)18-15-13(10)14(17)16(20-15)21(19)9-12-6-4-3-5-7-12/h3-8H,9,17H2,1-2H3/t21-/m0/s1. The van der Waals surface area contributed by atoms with Crippen LogP contribution in [0.1, 0.15) is 16.8 Å². The van der Waals surface area contributed by atoms with E-state index in [4.69, 9.17) is 5.73 Å². The molecule has 0 bridgehead atoms. The van der Waals surface area contributed by atoms with Gasteiger partial charge in [0.15, 0.2) is 0 Å². The Morgan fingerprint density at radius 3 is 2.67 bits per heavy atom. The zero-order valence-corrected chi connectivity index (χ0v) is 13.6. The van der Waals surface area contributed by atoms with Gasteiger partial charge in [0.05, 0.1) is 22.2 Å². The van der Waals surface area contributed by atoms with Gasteiger partial charge in [0.1, 0.15) is 9.04 Å². The van der Waals surface area contributed by atoms with Crippen LogP contribution in [0.15, 0.2) is 40.6 Å². The van der Waals surface area contributed by atoms with Gasteiger partial charge in [-0.15, -0.1) is 11.3 Å². The van der Waals surface area contributed by atoms with Crippen LogP contribution in [0.5, 0.6) is 0 Å². The number of thiophene rings is 1. The van der Waals surface area contributed by atoms with E-state index in [1.807, 2.05) is 50.2 Å². The Labute approximate surface area is 130 Å². The molecule has 3 nitrogen and oxygen atoms in total. The normalized spacial score (nSPS) is 12.7. The van der Waals surface area contributed by atoms with Gasteiger partial charge < -0.3 is 5.73 Å². The lowest BCUT2D eigenvalue weighted by Crippen LogP contribution is -1.97. The molecule has 2 N–H and O–H groups in total. The van der Waals surface area contributed by atoms with Crippen molar-refractivity contribution < 1.29 is 4.21 Å². The van der Waals surface area contributed by atoms with Crippen molar-refractivity contribution in [2.75, 3.05) is 5.73 Å². The van der Waals surface area contributed by atoms with Gasteiger partial charge in [0, 0.05) is 11.1 Å². The molecule has 0 radical (unpaired) electrons. The van der Waals surface area contributed by atoms with E-state index in [0.717, 1.165) is 31.2 Å².